The van der Waals surface area contributed by atoms with E-state index in [4.69, 9.17) is 4.74 Å². The lowest BCUT2D eigenvalue weighted by Crippen LogP contribution is -2.30. The number of methoxy groups -OCH3 is 1. The van der Waals surface area contributed by atoms with Gasteiger partial charge in [-0.05, 0) is 47.0 Å². The summed E-state index contributed by atoms with van der Waals surface area (Å²) in [5.74, 6) is -0.292. The van der Waals surface area contributed by atoms with Crippen LogP contribution in [0, 0.1) is 0 Å². The number of benzene rings is 1. The maximum absolute atomic E-state index is 12.8. The molecule has 1 atom stereocenters. The van der Waals surface area contributed by atoms with Gasteiger partial charge >= 0.3 is 0 Å². The highest BCUT2D eigenvalue weighted by molar-refractivity contribution is 7.89. The Bertz CT molecular complexity index is 834. The average Bonchev–Trinajstić information content (AvgIpc) is 3.31. The van der Waals surface area contributed by atoms with E-state index < -0.39 is 10.0 Å². The number of hydrogen-bond donors (Lipinski definition) is 1. The summed E-state index contributed by atoms with van der Waals surface area (Å²) in [6, 6.07) is 8.09. The van der Waals surface area contributed by atoms with E-state index in [1.54, 1.807) is 30.6 Å². The van der Waals surface area contributed by atoms with Gasteiger partial charge < -0.3 is 10.1 Å². The van der Waals surface area contributed by atoms with Gasteiger partial charge in [-0.25, -0.2) is 8.42 Å². The Labute approximate surface area is 151 Å². The summed E-state index contributed by atoms with van der Waals surface area (Å²) in [5.41, 5.74) is 1.35. The number of thiophene rings is 1. The van der Waals surface area contributed by atoms with Crippen molar-refractivity contribution < 1.29 is 17.9 Å². The zero-order valence-electron chi connectivity index (χ0n) is 13.8. The van der Waals surface area contributed by atoms with Gasteiger partial charge in [-0.3, -0.25) is 4.79 Å². The van der Waals surface area contributed by atoms with Crippen LogP contribution < -0.4 is 5.32 Å². The van der Waals surface area contributed by atoms with Crippen LogP contribution in [0.3, 0.4) is 0 Å². The fourth-order valence-corrected chi connectivity index (χ4v) is 4.93. The normalized spacial score (nSPS) is 18.4. The van der Waals surface area contributed by atoms with Crippen molar-refractivity contribution in [2.75, 3.05) is 20.2 Å². The third-order valence-electron chi connectivity index (χ3n) is 4.21. The van der Waals surface area contributed by atoms with Crippen molar-refractivity contribution in [2.24, 2.45) is 0 Å². The molecule has 1 aromatic heterocycles. The highest BCUT2D eigenvalue weighted by atomic mass is 32.2. The number of ether oxygens (including phenoxy) is 1. The molecule has 8 heteroatoms. The Morgan fingerprint density at radius 3 is 2.92 bits per heavy atom. The van der Waals surface area contributed by atoms with E-state index in [0.717, 1.165) is 5.56 Å². The van der Waals surface area contributed by atoms with Crippen molar-refractivity contribution in [3.05, 3.63) is 52.2 Å². The number of sulfonamides is 1. The van der Waals surface area contributed by atoms with E-state index in [9.17, 15) is 13.2 Å². The van der Waals surface area contributed by atoms with Gasteiger partial charge in [-0.1, -0.05) is 6.07 Å². The first-order valence-corrected chi connectivity index (χ1v) is 10.3. The third kappa shape index (κ3) is 4.09. The Hall–Kier alpha value is -1.74. The number of nitrogens with zero attached hydrogens (tertiary/aromatic N) is 1. The predicted octanol–water partition coefficient (Wildman–Crippen LogP) is 2.09. The van der Waals surface area contributed by atoms with Crippen molar-refractivity contribution in [3.8, 4) is 0 Å². The molecule has 1 N–H and O–H groups in total. The molecule has 0 unspecified atom stereocenters. The summed E-state index contributed by atoms with van der Waals surface area (Å²) in [4.78, 5) is 12.4. The molecule has 25 heavy (non-hydrogen) atoms. The van der Waals surface area contributed by atoms with Crippen LogP contribution in [-0.2, 0) is 21.3 Å². The molecule has 1 aliphatic heterocycles. The number of amides is 1. The second kappa shape index (κ2) is 7.65. The van der Waals surface area contributed by atoms with Crippen LogP contribution in [0.2, 0.25) is 0 Å². The summed E-state index contributed by atoms with van der Waals surface area (Å²) in [5, 5.41) is 6.71. The average molecular weight is 380 g/mol. The SMILES string of the molecule is CO[C@@H]1CCN(S(=O)(=O)c2cccc(C(=O)NCc3ccsc3)c2)C1. The van der Waals surface area contributed by atoms with Crippen molar-refractivity contribution in [1.29, 1.82) is 0 Å². The van der Waals surface area contributed by atoms with E-state index in [1.165, 1.54) is 16.4 Å². The highest BCUT2D eigenvalue weighted by Gasteiger charge is 2.32. The summed E-state index contributed by atoms with van der Waals surface area (Å²) >= 11 is 1.56. The summed E-state index contributed by atoms with van der Waals surface area (Å²) < 4.78 is 32.1. The Morgan fingerprint density at radius 1 is 1.40 bits per heavy atom. The van der Waals surface area contributed by atoms with Crippen LogP contribution in [0.15, 0.2) is 46.0 Å². The van der Waals surface area contributed by atoms with Gasteiger partial charge in [0, 0.05) is 32.3 Å². The predicted molar refractivity (Wildman–Crippen MR) is 96.1 cm³/mol. The van der Waals surface area contributed by atoms with Gasteiger partial charge in [0.05, 0.1) is 11.0 Å². The first-order chi connectivity index (χ1) is 12.0. The van der Waals surface area contributed by atoms with E-state index in [-0.39, 0.29) is 16.9 Å². The lowest BCUT2D eigenvalue weighted by atomic mass is 10.2. The van der Waals surface area contributed by atoms with E-state index in [2.05, 4.69) is 5.32 Å². The molecule has 1 fully saturated rings. The lowest BCUT2D eigenvalue weighted by Gasteiger charge is -2.16. The fraction of sp³-hybridized carbons (Fsp3) is 0.353. The molecular formula is C17H20N2O4S2. The minimum absolute atomic E-state index is 0.0770. The lowest BCUT2D eigenvalue weighted by molar-refractivity contribution is 0.0950. The second-order valence-corrected chi connectivity index (χ2v) is 8.57. The highest BCUT2D eigenvalue weighted by Crippen LogP contribution is 2.23. The van der Waals surface area contributed by atoms with Crippen LogP contribution in [-0.4, -0.2) is 44.9 Å². The molecule has 3 rings (SSSR count). The largest absolute Gasteiger partial charge is 0.380 e. The minimum Gasteiger partial charge on any atom is -0.380 e. The van der Waals surface area contributed by atoms with Crippen LogP contribution in [0.4, 0.5) is 0 Å². The molecule has 6 nitrogen and oxygen atoms in total. The molecule has 0 aliphatic carbocycles. The molecule has 0 spiro atoms. The Balaban J connectivity index is 1.73. The van der Waals surface area contributed by atoms with Gasteiger partial charge in [0.15, 0.2) is 0 Å². The van der Waals surface area contributed by atoms with Crippen LogP contribution >= 0.6 is 11.3 Å². The zero-order valence-corrected chi connectivity index (χ0v) is 15.5. The number of rotatable bonds is 6. The number of carbonyl (C=O) groups excluding carboxylic acids is 1. The Morgan fingerprint density at radius 2 is 2.24 bits per heavy atom. The maximum Gasteiger partial charge on any atom is 0.251 e. The van der Waals surface area contributed by atoms with Gasteiger partial charge in [-0.2, -0.15) is 15.6 Å². The molecule has 1 aliphatic rings. The van der Waals surface area contributed by atoms with Gasteiger partial charge in [0.1, 0.15) is 0 Å². The third-order valence-corrected chi connectivity index (χ3v) is 6.80. The molecule has 1 amide bonds. The van der Waals surface area contributed by atoms with Crippen molar-refractivity contribution >= 4 is 27.3 Å². The quantitative estimate of drug-likeness (QED) is 0.833. The van der Waals surface area contributed by atoms with Crippen LogP contribution in [0.25, 0.3) is 0 Å². The zero-order chi connectivity index (χ0) is 17.9. The maximum atomic E-state index is 12.8. The molecule has 0 saturated carbocycles. The molecule has 2 aromatic rings. The fourth-order valence-electron chi connectivity index (χ4n) is 2.73. The number of nitrogens with one attached hydrogen (secondary N) is 1. The molecule has 0 radical (unpaired) electrons. The molecule has 2 heterocycles. The Kier molecular flexibility index (Phi) is 5.53. The molecule has 0 bridgehead atoms. The van der Waals surface area contributed by atoms with Crippen molar-refractivity contribution in [1.82, 2.24) is 9.62 Å². The summed E-state index contributed by atoms with van der Waals surface area (Å²) in [6.07, 6.45) is 0.600. The summed E-state index contributed by atoms with van der Waals surface area (Å²) in [7, 11) is -2.04. The van der Waals surface area contributed by atoms with Crippen LogP contribution in [0.5, 0.6) is 0 Å². The number of carbonyl (C=O) groups is 1. The van der Waals surface area contributed by atoms with Gasteiger partial charge in [0.2, 0.25) is 10.0 Å². The number of hydrogen-bond acceptors (Lipinski definition) is 5. The van der Waals surface area contributed by atoms with E-state index in [1.807, 2.05) is 16.8 Å². The van der Waals surface area contributed by atoms with Crippen molar-refractivity contribution in [3.63, 3.8) is 0 Å². The minimum atomic E-state index is -3.62. The molecule has 1 aromatic carbocycles. The van der Waals surface area contributed by atoms with Crippen molar-refractivity contribution in [2.45, 2.75) is 24.0 Å². The topological polar surface area (TPSA) is 75.7 Å². The van der Waals surface area contributed by atoms with Crippen LogP contribution in [0.1, 0.15) is 22.3 Å². The van der Waals surface area contributed by atoms with Gasteiger partial charge in [-0.15, -0.1) is 0 Å². The first kappa shape index (κ1) is 18.1. The van der Waals surface area contributed by atoms with Gasteiger partial charge in [0.25, 0.3) is 5.91 Å². The molecule has 134 valence electrons. The molecule has 1 saturated heterocycles. The van der Waals surface area contributed by atoms with E-state index in [0.29, 0.717) is 31.6 Å². The second-order valence-electron chi connectivity index (χ2n) is 5.85. The standard InChI is InChI=1S/C17H20N2O4S2/c1-23-15-5-7-19(11-15)25(21,22)16-4-2-3-14(9-16)17(20)18-10-13-6-8-24-12-13/h2-4,6,8-9,12,15H,5,7,10-11H2,1H3,(H,18,20)/t15-/m1/s1. The van der Waals surface area contributed by atoms with E-state index >= 15 is 0 Å². The first-order valence-electron chi connectivity index (χ1n) is 7.93. The summed E-state index contributed by atoms with van der Waals surface area (Å²) in [6.45, 7) is 1.18. The monoisotopic (exact) mass is 380 g/mol. The molecular weight excluding hydrogens is 360 g/mol. The smallest absolute Gasteiger partial charge is 0.251 e.